The Morgan fingerprint density at radius 2 is 2.11 bits per heavy atom. The average molecular weight is 267 g/mol. The lowest BCUT2D eigenvalue weighted by atomic mass is 9.82. The highest BCUT2D eigenvalue weighted by Gasteiger charge is 2.23. The van der Waals surface area contributed by atoms with Gasteiger partial charge >= 0.3 is 0 Å². The van der Waals surface area contributed by atoms with Crippen LogP contribution in [0.3, 0.4) is 0 Å². The summed E-state index contributed by atoms with van der Waals surface area (Å²) in [6.45, 7) is 3.21. The Hall–Kier alpha value is -0.960. The highest BCUT2D eigenvalue weighted by Crippen LogP contribution is 2.28. The van der Waals surface area contributed by atoms with Gasteiger partial charge in [-0.1, -0.05) is 31.9 Å². The number of nitrogens with one attached hydrogen (secondary N) is 1. The minimum atomic E-state index is -0.728. The van der Waals surface area contributed by atoms with Crippen LogP contribution < -0.4 is 5.32 Å². The first kappa shape index (κ1) is 14.4. The topological polar surface area (TPSA) is 12.0 Å². The highest BCUT2D eigenvalue weighted by molar-refractivity contribution is 5.19. The van der Waals surface area contributed by atoms with E-state index in [-0.39, 0.29) is 0 Å². The number of hydrogen-bond acceptors (Lipinski definition) is 1. The summed E-state index contributed by atoms with van der Waals surface area (Å²) in [6.07, 6.45) is 6.40. The molecule has 0 aliphatic heterocycles. The molecular weight excluding hydrogens is 244 g/mol. The van der Waals surface area contributed by atoms with E-state index in [0.717, 1.165) is 25.8 Å². The third-order valence-corrected chi connectivity index (χ3v) is 4.01. The summed E-state index contributed by atoms with van der Waals surface area (Å²) in [7, 11) is 0. The molecule has 0 bridgehead atoms. The normalized spacial score (nSPS) is 23.5. The minimum Gasteiger partial charge on any atom is -0.314 e. The van der Waals surface area contributed by atoms with E-state index >= 15 is 0 Å². The average Bonchev–Trinajstić information content (AvgIpc) is 2.42. The molecular formula is C16H23F2N. The van der Waals surface area contributed by atoms with Crippen LogP contribution in [0.1, 0.15) is 44.6 Å². The van der Waals surface area contributed by atoms with Crippen molar-refractivity contribution in [3.8, 4) is 0 Å². The van der Waals surface area contributed by atoms with E-state index in [2.05, 4.69) is 12.2 Å². The molecule has 1 fully saturated rings. The standard InChI is InChI=1S/C16H23F2N/c1-2-9-19-14-7-3-5-12(11-14)10-13-6-4-8-15(17)16(13)18/h4,6,8,12,14,19H,2-3,5,7,9-11H2,1H3. The fourth-order valence-electron chi connectivity index (χ4n) is 3.03. The number of hydrogen-bond donors (Lipinski definition) is 1. The molecule has 0 radical (unpaired) electrons. The summed E-state index contributed by atoms with van der Waals surface area (Å²) in [5.41, 5.74) is 0.529. The second-order valence-corrected chi connectivity index (χ2v) is 5.60. The summed E-state index contributed by atoms with van der Waals surface area (Å²) in [5.74, 6) is -0.917. The van der Waals surface area contributed by atoms with Gasteiger partial charge in [0.05, 0.1) is 0 Å². The quantitative estimate of drug-likeness (QED) is 0.848. The van der Waals surface area contributed by atoms with Gasteiger partial charge < -0.3 is 5.32 Å². The van der Waals surface area contributed by atoms with Gasteiger partial charge in [-0.05, 0) is 49.8 Å². The molecule has 1 aliphatic carbocycles. The fraction of sp³-hybridized carbons (Fsp3) is 0.625. The Bertz CT molecular complexity index is 406. The maximum absolute atomic E-state index is 13.7. The molecule has 1 saturated carbocycles. The molecule has 2 rings (SSSR count). The molecule has 1 aromatic carbocycles. The lowest BCUT2D eigenvalue weighted by Gasteiger charge is -2.30. The van der Waals surface area contributed by atoms with Crippen molar-refractivity contribution >= 4 is 0 Å². The van der Waals surface area contributed by atoms with Gasteiger partial charge in [-0.2, -0.15) is 0 Å². The molecule has 0 saturated heterocycles. The van der Waals surface area contributed by atoms with Gasteiger partial charge in [-0.15, -0.1) is 0 Å². The van der Waals surface area contributed by atoms with Crippen LogP contribution in [0, 0.1) is 17.6 Å². The molecule has 1 nitrogen and oxygen atoms in total. The molecule has 0 spiro atoms. The molecule has 106 valence electrons. The second-order valence-electron chi connectivity index (χ2n) is 5.60. The third kappa shape index (κ3) is 4.00. The van der Waals surface area contributed by atoms with Crippen molar-refractivity contribution in [3.05, 3.63) is 35.4 Å². The molecule has 1 aliphatic rings. The minimum absolute atomic E-state index is 0.472. The van der Waals surface area contributed by atoms with Crippen LogP contribution in [-0.2, 0) is 6.42 Å². The molecule has 2 atom stereocenters. The number of halogens is 2. The van der Waals surface area contributed by atoms with Crippen LogP contribution in [0.15, 0.2) is 18.2 Å². The molecule has 1 aromatic rings. The lowest BCUT2D eigenvalue weighted by Crippen LogP contribution is -2.35. The van der Waals surface area contributed by atoms with Gasteiger partial charge in [0.1, 0.15) is 0 Å². The van der Waals surface area contributed by atoms with Gasteiger partial charge in [0, 0.05) is 6.04 Å². The van der Waals surface area contributed by atoms with E-state index < -0.39 is 11.6 Å². The molecule has 0 heterocycles. The van der Waals surface area contributed by atoms with Crippen LogP contribution >= 0.6 is 0 Å². The van der Waals surface area contributed by atoms with Crippen LogP contribution in [0.5, 0.6) is 0 Å². The zero-order chi connectivity index (χ0) is 13.7. The molecule has 0 amide bonds. The SMILES string of the molecule is CCCNC1CCCC(Cc2cccc(F)c2F)C1. The van der Waals surface area contributed by atoms with E-state index in [0.29, 0.717) is 23.9 Å². The summed E-state index contributed by atoms with van der Waals surface area (Å²) in [5, 5.41) is 3.55. The molecule has 3 heteroatoms. The van der Waals surface area contributed by atoms with Gasteiger partial charge in [-0.25, -0.2) is 8.78 Å². The predicted octanol–water partition coefficient (Wildman–Crippen LogP) is 4.07. The highest BCUT2D eigenvalue weighted by atomic mass is 19.2. The fourth-order valence-corrected chi connectivity index (χ4v) is 3.03. The monoisotopic (exact) mass is 267 g/mol. The molecule has 19 heavy (non-hydrogen) atoms. The molecule has 1 N–H and O–H groups in total. The van der Waals surface area contributed by atoms with Gasteiger partial charge in [0.2, 0.25) is 0 Å². The Morgan fingerprint density at radius 3 is 2.89 bits per heavy atom. The first-order valence-electron chi connectivity index (χ1n) is 7.37. The summed E-state index contributed by atoms with van der Waals surface area (Å²) < 4.78 is 26.9. The lowest BCUT2D eigenvalue weighted by molar-refractivity contribution is 0.282. The Kier molecular flexibility index (Phi) is 5.32. The first-order chi connectivity index (χ1) is 9.20. The van der Waals surface area contributed by atoms with E-state index in [4.69, 9.17) is 0 Å². The summed E-state index contributed by atoms with van der Waals surface area (Å²) >= 11 is 0. The summed E-state index contributed by atoms with van der Waals surface area (Å²) in [4.78, 5) is 0. The molecule has 2 unspecified atom stereocenters. The van der Waals surface area contributed by atoms with Crippen molar-refractivity contribution in [1.82, 2.24) is 5.32 Å². The van der Waals surface area contributed by atoms with Crippen LogP contribution in [0.4, 0.5) is 8.78 Å². The Balaban J connectivity index is 1.93. The van der Waals surface area contributed by atoms with Crippen molar-refractivity contribution in [2.45, 2.75) is 51.5 Å². The van der Waals surface area contributed by atoms with Crippen molar-refractivity contribution in [1.29, 1.82) is 0 Å². The number of rotatable bonds is 5. The Morgan fingerprint density at radius 1 is 1.26 bits per heavy atom. The zero-order valence-corrected chi connectivity index (χ0v) is 11.6. The van der Waals surface area contributed by atoms with Crippen LogP contribution in [-0.4, -0.2) is 12.6 Å². The third-order valence-electron chi connectivity index (χ3n) is 4.01. The van der Waals surface area contributed by atoms with Crippen molar-refractivity contribution in [2.24, 2.45) is 5.92 Å². The van der Waals surface area contributed by atoms with Gasteiger partial charge in [-0.3, -0.25) is 0 Å². The first-order valence-corrected chi connectivity index (χ1v) is 7.37. The molecule has 0 aromatic heterocycles. The summed E-state index contributed by atoms with van der Waals surface area (Å²) in [6, 6.07) is 5.05. The van der Waals surface area contributed by atoms with E-state index in [9.17, 15) is 8.78 Å². The predicted molar refractivity (Wildman–Crippen MR) is 74.1 cm³/mol. The second kappa shape index (κ2) is 6.99. The maximum Gasteiger partial charge on any atom is 0.162 e. The van der Waals surface area contributed by atoms with Crippen LogP contribution in [0.2, 0.25) is 0 Å². The van der Waals surface area contributed by atoms with Crippen LogP contribution in [0.25, 0.3) is 0 Å². The maximum atomic E-state index is 13.7. The Labute approximate surface area is 114 Å². The van der Waals surface area contributed by atoms with Crippen molar-refractivity contribution in [2.75, 3.05) is 6.54 Å². The van der Waals surface area contributed by atoms with E-state index in [1.165, 1.54) is 18.9 Å². The van der Waals surface area contributed by atoms with Gasteiger partial charge in [0.15, 0.2) is 11.6 Å². The van der Waals surface area contributed by atoms with Crippen molar-refractivity contribution < 1.29 is 8.78 Å². The largest absolute Gasteiger partial charge is 0.314 e. The number of benzene rings is 1. The van der Waals surface area contributed by atoms with E-state index in [1.807, 2.05) is 0 Å². The zero-order valence-electron chi connectivity index (χ0n) is 11.6. The van der Waals surface area contributed by atoms with Gasteiger partial charge in [0.25, 0.3) is 0 Å². The van der Waals surface area contributed by atoms with Crippen molar-refractivity contribution in [3.63, 3.8) is 0 Å². The van der Waals surface area contributed by atoms with E-state index in [1.54, 1.807) is 12.1 Å². The smallest absolute Gasteiger partial charge is 0.162 e.